The predicted molar refractivity (Wildman–Crippen MR) is 121 cm³/mol. The number of rotatable bonds is 9. The van der Waals surface area contributed by atoms with E-state index in [9.17, 15) is 14.0 Å². The summed E-state index contributed by atoms with van der Waals surface area (Å²) in [5.41, 5.74) is 0.786. The average Bonchev–Trinajstić information content (AvgIpc) is 2.71. The molecular formula is C21H21BrFN3O3S. The van der Waals surface area contributed by atoms with E-state index in [4.69, 9.17) is 4.74 Å². The molecule has 9 heteroatoms. The third-order valence-electron chi connectivity index (χ3n) is 4.20. The zero-order valence-corrected chi connectivity index (χ0v) is 18.8. The molecule has 1 aromatic heterocycles. The Morgan fingerprint density at radius 3 is 2.90 bits per heavy atom. The second-order valence-electron chi connectivity index (χ2n) is 6.41. The van der Waals surface area contributed by atoms with Crippen molar-refractivity contribution in [3.8, 4) is 0 Å². The van der Waals surface area contributed by atoms with Crippen molar-refractivity contribution in [3.05, 3.63) is 63.1 Å². The van der Waals surface area contributed by atoms with Gasteiger partial charge in [0.25, 0.3) is 5.56 Å². The third kappa shape index (κ3) is 5.90. The lowest BCUT2D eigenvalue weighted by Gasteiger charge is -2.13. The predicted octanol–water partition coefficient (Wildman–Crippen LogP) is 4.46. The van der Waals surface area contributed by atoms with Gasteiger partial charge in [0, 0.05) is 29.9 Å². The van der Waals surface area contributed by atoms with E-state index >= 15 is 0 Å². The van der Waals surface area contributed by atoms with Gasteiger partial charge in [0.15, 0.2) is 5.16 Å². The van der Waals surface area contributed by atoms with Crippen molar-refractivity contribution < 1.29 is 13.9 Å². The summed E-state index contributed by atoms with van der Waals surface area (Å²) in [4.78, 5) is 29.9. The summed E-state index contributed by atoms with van der Waals surface area (Å²) in [6.45, 7) is 3.49. The van der Waals surface area contributed by atoms with Crippen LogP contribution in [0.25, 0.3) is 10.9 Å². The average molecular weight is 494 g/mol. The minimum atomic E-state index is -0.425. The van der Waals surface area contributed by atoms with E-state index in [2.05, 4.69) is 26.2 Å². The van der Waals surface area contributed by atoms with E-state index in [0.717, 1.165) is 4.47 Å². The van der Waals surface area contributed by atoms with Crippen molar-refractivity contribution in [1.29, 1.82) is 0 Å². The van der Waals surface area contributed by atoms with E-state index in [1.807, 2.05) is 13.0 Å². The molecule has 0 atom stereocenters. The SMILES string of the molecule is CCOCCCn1c(SCC(=O)Nc2cccc(F)c2)nc2ccc(Br)cc2c1=O. The zero-order chi connectivity index (χ0) is 21.5. The maximum Gasteiger partial charge on any atom is 0.262 e. The van der Waals surface area contributed by atoms with Gasteiger partial charge in [-0.05, 0) is 49.7 Å². The highest BCUT2D eigenvalue weighted by molar-refractivity contribution is 9.10. The third-order valence-corrected chi connectivity index (χ3v) is 5.67. The molecule has 0 aliphatic heterocycles. The van der Waals surface area contributed by atoms with Crippen LogP contribution in [0.3, 0.4) is 0 Å². The molecule has 0 aliphatic carbocycles. The van der Waals surface area contributed by atoms with E-state index in [1.54, 1.807) is 22.8 Å². The van der Waals surface area contributed by atoms with Crippen LogP contribution in [0.15, 0.2) is 56.9 Å². The van der Waals surface area contributed by atoms with Crippen LogP contribution < -0.4 is 10.9 Å². The first kappa shape index (κ1) is 22.5. The molecule has 0 spiro atoms. The van der Waals surface area contributed by atoms with Gasteiger partial charge in [-0.25, -0.2) is 9.37 Å². The van der Waals surface area contributed by atoms with Gasteiger partial charge < -0.3 is 10.1 Å². The summed E-state index contributed by atoms with van der Waals surface area (Å²) in [7, 11) is 0. The van der Waals surface area contributed by atoms with Crippen molar-refractivity contribution >= 4 is 50.2 Å². The van der Waals surface area contributed by atoms with Crippen molar-refractivity contribution in [1.82, 2.24) is 9.55 Å². The maximum atomic E-state index is 13.3. The van der Waals surface area contributed by atoms with Crippen molar-refractivity contribution in [3.63, 3.8) is 0 Å². The van der Waals surface area contributed by atoms with E-state index in [1.165, 1.54) is 30.0 Å². The van der Waals surface area contributed by atoms with Gasteiger partial charge in [0.1, 0.15) is 5.82 Å². The first-order chi connectivity index (χ1) is 14.5. The van der Waals surface area contributed by atoms with Crippen LogP contribution in [-0.2, 0) is 16.1 Å². The number of anilines is 1. The van der Waals surface area contributed by atoms with Crippen LogP contribution in [0.5, 0.6) is 0 Å². The van der Waals surface area contributed by atoms with Gasteiger partial charge >= 0.3 is 0 Å². The molecule has 1 amide bonds. The normalized spacial score (nSPS) is 11.0. The number of nitrogens with zero attached hydrogens (tertiary/aromatic N) is 2. The first-order valence-electron chi connectivity index (χ1n) is 9.44. The summed E-state index contributed by atoms with van der Waals surface area (Å²) >= 11 is 4.56. The molecule has 0 saturated carbocycles. The van der Waals surface area contributed by atoms with Crippen molar-refractivity contribution in [2.24, 2.45) is 0 Å². The fourth-order valence-electron chi connectivity index (χ4n) is 2.84. The highest BCUT2D eigenvalue weighted by atomic mass is 79.9. The summed E-state index contributed by atoms with van der Waals surface area (Å²) in [6, 6.07) is 11.0. The van der Waals surface area contributed by atoms with Crippen molar-refractivity contribution in [2.45, 2.75) is 25.0 Å². The van der Waals surface area contributed by atoms with E-state index in [0.29, 0.717) is 47.9 Å². The molecule has 0 saturated heterocycles. The van der Waals surface area contributed by atoms with Gasteiger partial charge in [-0.1, -0.05) is 33.8 Å². The number of amides is 1. The summed E-state index contributed by atoms with van der Waals surface area (Å²) in [5.74, 6) is -0.696. The van der Waals surface area contributed by atoms with E-state index in [-0.39, 0.29) is 17.2 Å². The number of fused-ring (bicyclic) bond motifs is 1. The molecule has 0 fully saturated rings. The number of aromatic nitrogens is 2. The van der Waals surface area contributed by atoms with Crippen molar-refractivity contribution in [2.75, 3.05) is 24.3 Å². The van der Waals surface area contributed by atoms with E-state index < -0.39 is 5.82 Å². The van der Waals surface area contributed by atoms with Gasteiger partial charge in [-0.3, -0.25) is 14.2 Å². The molecule has 3 rings (SSSR count). The first-order valence-corrected chi connectivity index (χ1v) is 11.2. The topological polar surface area (TPSA) is 73.2 Å². The molecule has 6 nitrogen and oxygen atoms in total. The van der Waals surface area contributed by atoms with Gasteiger partial charge in [-0.15, -0.1) is 0 Å². The largest absolute Gasteiger partial charge is 0.382 e. The Kier molecular flexibility index (Phi) is 8.01. The Morgan fingerprint density at radius 2 is 2.13 bits per heavy atom. The molecule has 2 aromatic carbocycles. The highest BCUT2D eigenvalue weighted by Gasteiger charge is 2.14. The minimum Gasteiger partial charge on any atom is -0.382 e. The molecule has 0 aliphatic rings. The molecule has 0 radical (unpaired) electrons. The standard InChI is InChI=1S/C21H21BrFN3O3S/c1-2-29-10-4-9-26-20(28)17-11-14(22)7-8-18(17)25-21(26)30-13-19(27)24-16-6-3-5-15(23)12-16/h3,5-8,11-12H,2,4,9-10,13H2,1H3,(H,24,27). The highest BCUT2D eigenvalue weighted by Crippen LogP contribution is 2.21. The van der Waals surface area contributed by atoms with Crippen LogP contribution in [0.2, 0.25) is 0 Å². The fourth-order valence-corrected chi connectivity index (χ4v) is 4.03. The second-order valence-corrected chi connectivity index (χ2v) is 8.27. The van der Waals surface area contributed by atoms with Gasteiger partial charge in [-0.2, -0.15) is 0 Å². The minimum absolute atomic E-state index is 0.0381. The Balaban J connectivity index is 1.80. The lowest BCUT2D eigenvalue weighted by molar-refractivity contribution is -0.113. The number of carbonyl (C=O) groups excluding carboxylic acids is 1. The quantitative estimate of drug-likeness (QED) is 0.270. The summed E-state index contributed by atoms with van der Waals surface area (Å²) < 4.78 is 21.0. The lowest BCUT2D eigenvalue weighted by atomic mass is 10.2. The monoisotopic (exact) mass is 493 g/mol. The zero-order valence-electron chi connectivity index (χ0n) is 16.4. The number of halogens is 2. The van der Waals surface area contributed by atoms with Gasteiger partial charge in [0.05, 0.1) is 16.7 Å². The fraction of sp³-hybridized carbons (Fsp3) is 0.286. The number of thioether (sulfide) groups is 1. The van der Waals surface area contributed by atoms with Crippen LogP contribution in [0, 0.1) is 5.82 Å². The number of nitrogens with one attached hydrogen (secondary N) is 1. The lowest BCUT2D eigenvalue weighted by Crippen LogP contribution is -2.25. The molecule has 0 unspecified atom stereocenters. The molecule has 0 bridgehead atoms. The molecule has 1 N–H and O–H groups in total. The molecule has 30 heavy (non-hydrogen) atoms. The Hall–Kier alpha value is -2.23. The molecule has 158 valence electrons. The van der Waals surface area contributed by atoms with Crippen LogP contribution in [0.4, 0.5) is 10.1 Å². The summed E-state index contributed by atoms with van der Waals surface area (Å²) in [6.07, 6.45) is 0.651. The second kappa shape index (κ2) is 10.7. The maximum absolute atomic E-state index is 13.3. The molecular weight excluding hydrogens is 473 g/mol. The number of hydrogen-bond acceptors (Lipinski definition) is 5. The Morgan fingerprint density at radius 1 is 1.30 bits per heavy atom. The van der Waals surface area contributed by atoms with Crippen LogP contribution >= 0.6 is 27.7 Å². The number of carbonyl (C=O) groups is 1. The number of benzene rings is 2. The number of ether oxygens (including phenoxy) is 1. The number of hydrogen-bond donors (Lipinski definition) is 1. The molecule has 1 heterocycles. The van der Waals surface area contributed by atoms with Gasteiger partial charge in [0.2, 0.25) is 5.91 Å². The molecule has 3 aromatic rings. The summed E-state index contributed by atoms with van der Waals surface area (Å²) in [5, 5.41) is 3.62. The van der Waals surface area contributed by atoms with Crippen LogP contribution in [0.1, 0.15) is 13.3 Å². The smallest absolute Gasteiger partial charge is 0.262 e. The Bertz CT molecular complexity index is 1110. The van der Waals surface area contributed by atoms with Crippen LogP contribution in [-0.4, -0.2) is 34.4 Å². The Labute approximate surface area is 186 Å².